The van der Waals surface area contributed by atoms with E-state index in [0.29, 0.717) is 16.3 Å². The van der Waals surface area contributed by atoms with E-state index in [4.69, 9.17) is 10.2 Å². The highest BCUT2D eigenvalue weighted by atomic mass is 32.2. The molecule has 0 saturated carbocycles. The number of hydrogen-bond acceptors (Lipinski definition) is 4. The SMILES string of the molecule is Cc1ocnc1CSc1ccc(N)cc1F. The highest BCUT2D eigenvalue weighted by Gasteiger charge is 2.07. The summed E-state index contributed by atoms with van der Waals surface area (Å²) in [6, 6.07) is 4.67. The second-order valence-electron chi connectivity index (χ2n) is 3.33. The molecule has 3 nitrogen and oxygen atoms in total. The van der Waals surface area contributed by atoms with Gasteiger partial charge >= 0.3 is 0 Å². The Kier molecular flexibility index (Phi) is 3.14. The van der Waals surface area contributed by atoms with Crippen molar-refractivity contribution >= 4 is 17.4 Å². The van der Waals surface area contributed by atoms with Crippen LogP contribution >= 0.6 is 11.8 Å². The Bertz CT molecular complexity index is 498. The first-order valence-corrected chi connectivity index (χ1v) is 5.72. The summed E-state index contributed by atoms with van der Waals surface area (Å²) < 4.78 is 18.5. The van der Waals surface area contributed by atoms with Gasteiger partial charge in [0.15, 0.2) is 6.39 Å². The molecule has 2 N–H and O–H groups in total. The third kappa shape index (κ3) is 2.36. The summed E-state index contributed by atoms with van der Waals surface area (Å²) in [7, 11) is 0. The Morgan fingerprint density at radius 2 is 2.31 bits per heavy atom. The van der Waals surface area contributed by atoms with Crippen molar-refractivity contribution in [2.75, 3.05) is 5.73 Å². The Balaban J connectivity index is 2.08. The van der Waals surface area contributed by atoms with Crippen molar-refractivity contribution in [2.24, 2.45) is 0 Å². The maximum Gasteiger partial charge on any atom is 0.181 e. The number of oxazole rings is 1. The molecule has 0 saturated heterocycles. The Hall–Kier alpha value is -1.49. The van der Waals surface area contributed by atoms with Crippen molar-refractivity contribution in [3.05, 3.63) is 41.9 Å². The van der Waals surface area contributed by atoms with Crippen molar-refractivity contribution in [3.8, 4) is 0 Å². The van der Waals surface area contributed by atoms with Crippen LogP contribution in [0.25, 0.3) is 0 Å². The van der Waals surface area contributed by atoms with Crippen LogP contribution in [0.2, 0.25) is 0 Å². The monoisotopic (exact) mass is 238 g/mol. The lowest BCUT2D eigenvalue weighted by molar-refractivity contribution is 0.525. The number of nitrogens with zero attached hydrogens (tertiary/aromatic N) is 1. The summed E-state index contributed by atoms with van der Waals surface area (Å²) >= 11 is 1.37. The van der Waals surface area contributed by atoms with Gasteiger partial charge in [-0.1, -0.05) is 0 Å². The molecule has 0 fully saturated rings. The summed E-state index contributed by atoms with van der Waals surface area (Å²) in [6.45, 7) is 1.84. The van der Waals surface area contributed by atoms with Crippen LogP contribution in [0.15, 0.2) is 33.9 Å². The molecule has 1 aromatic heterocycles. The van der Waals surface area contributed by atoms with Crippen molar-refractivity contribution in [1.29, 1.82) is 0 Å². The predicted molar refractivity (Wildman–Crippen MR) is 61.6 cm³/mol. The van der Waals surface area contributed by atoms with Crippen LogP contribution in [0.5, 0.6) is 0 Å². The molecule has 5 heteroatoms. The van der Waals surface area contributed by atoms with Gasteiger partial charge in [-0.25, -0.2) is 9.37 Å². The van der Waals surface area contributed by atoms with Crippen LogP contribution in [0.1, 0.15) is 11.5 Å². The van der Waals surface area contributed by atoms with Gasteiger partial charge in [-0.2, -0.15) is 0 Å². The van der Waals surface area contributed by atoms with Gasteiger partial charge in [0, 0.05) is 16.3 Å². The summed E-state index contributed by atoms with van der Waals surface area (Å²) in [5, 5.41) is 0. The average molecular weight is 238 g/mol. The fourth-order valence-corrected chi connectivity index (χ4v) is 2.18. The van der Waals surface area contributed by atoms with Crippen LogP contribution in [0.3, 0.4) is 0 Å². The van der Waals surface area contributed by atoms with Gasteiger partial charge < -0.3 is 10.2 Å². The van der Waals surface area contributed by atoms with Gasteiger partial charge in [-0.15, -0.1) is 11.8 Å². The maximum atomic E-state index is 13.4. The topological polar surface area (TPSA) is 52.0 Å². The molecule has 84 valence electrons. The van der Waals surface area contributed by atoms with E-state index in [9.17, 15) is 4.39 Å². The first-order chi connectivity index (χ1) is 7.66. The molecule has 0 bridgehead atoms. The fourth-order valence-electron chi connectivity index (χ4n) is 1.25. The molecule has 0 atom stereocenters. The van der Waals surface area contributed by atoms with Gasteiger partial charge in [-0.05, 0) is 25.1 Å². The minimum atomic E-state index is -0.300. The molecule has 0 unspecified atom stereocenters. The van der Waals surface area contributed by atoms with Crippen LogP contribution in [-0.4, -0.2) is 4.98 Å². The van der Waals surface area contributed by atoms with E-state index in [1.54, 1.807) is 12.1 Å². The van der Waals surface area contributed by atoms with Crippen molar-refractivity contribution < 1.29 is 8.81 Å². The normalized spacial score (nSPS) is 10.6. The summed E-state index contributed by atoms with van der Waals surface area (Å²) in [5.41, 5.74) is 6.73. The number of benzene rings is 1. The summed E-state index contributed by atoms with van der Waals surface area (Å²) in [5.74, 6) is 1.05. The Morgan fingerprint density at radius 3 is 2.94 bits per heavy atom. The molecule has 0 radical (unpaired) electrons. The number of aryl methyl sites for hydroxylation is 1. The number of nitrogens with two attached hydrogens (primary N) is 1. The van der Waals surface area contributed by atoms with E-state index in [2.05, 4.69) is 4.98 Å². The molecule has 1 aromatic carbocycles. The number of aromatic nitrogens is 1. The highest BCUT2D eigenvalue weighted by Crippen LogP contribution is 2.27. The largest absolute Gasteiger partial charge is 0.448 e. The zero-order valence-electron chi connectivity index (χ0n) is 8.74. The van der Waals surface area contributed by atoms with E-state index < -0.39 is 0 Å². The second kappa shape index (κ2) is 4.57. The molecule has 0 aliphatic rings. The molecule has 0 aliphatic heterocycles. The molecule has 0 spiro atoms. The van der Waals surface area contributed by atoms with E-state index in [0.717, 1.165) is 11.5 Å². The van der Waals surface area contributed by atoms with Gasteiger partial charge in [0.05, 0.1) is 5.69 Å². The number of nitrogen functional groups attached to an aromatic ring is 1. The van der Waals surface area contributed by atoms with Gasteiger partial charge in [-0.3, -0.25) is 0 Å². The number of rotatable bonds is 3. The number of thioether (sulfide) groups is 1. The number of anilines is 1. The highest BCUT2D eigenvalue weighted by molar-refractivity contribution is 7.98. The van der Waals surface area contributed by atoms with Crippen molar-refractivity contribution in [2.45, 2.75) is 17.6 Å². The fraction of sp³-hybridized carbons (Fsp3) is 0.182. The number of hydrogen-bond donors (Lipinski definition) is 1. The second-order valence-corrected chi connectivity index (χ2v) is 4.35. The average Bonchev–Trinajstić information content (AvgIpc) is 2.63. The molecule has 0 amide bonds. The quantitative estimate of drug-likeness (QED) is 0.659. The van der Waals surface area contributed by atoms with Crippen molar-refractivity contribution in [3.63, 3.8) is 0 Å². The molecule has 2 rings (SSSR count). The molecule has 0 aliphatic carbocycles. The van der Waals surface area contributed by atoms with E-state index in [1.807, 2.05) is 6.92 Å². The first kappa shape index (κ1) is 11.0. The van der Waals surface area contributed by atoms with E-state index in [-0.39, 0.29) is 5.82 Å². The van der Waals surface area contributed by atoms with Crippen LogP contribution < -0.4 is 5.73 Å². The maximum absolute atomic E-state index is 13.4. The van der Waals surface area contributed by atoms with Crippen molar-refractivity contribution in [1.82, 2.24) is 4.98 Å². The zero-order chi connectivity index (χ0) is 11.5. The van der Waals surface area contributed by atoms with Gasteiger partial charge in [0.2, 0.25) is 0 Å². The summed E-state index contributed by atoms with van der Waals surface area (Å²) in [6.07, 6.45) is 1.39. The molecular weight excluding hydrogens is 227 g/mol. The first-order valence-electron chi connectivity index (χ1n) is 4.73. The lowest BCUT2D eigenvalue weighted by Crippen LogP contribution is -1.89. The Labute approximate surface area is 96.9 Å². The Morgan fingerprint density at radius 1 is 1.50 bits per heavy atom. The molecule has 16 heavy (non-hydrogen) atoms. The molecular formula is C11H11FN2OS. The van der Waals surface area contributed by atoms with E-state index in [1.165, 1.54) is 24.2 Å². The smallest absolute Gasteiger partial charge is 0.181 e. The standard InChI is InChI=1S/C11H11FN2OS/c1-7-10(14-6-15-7)5-16-11-3-2-8(13)4-9(11)12/h2-4,6H,5,13H2,1H3. The van der Waals surface area contributed by atoms with Gasteiger partial charge in [0.1, 0.15) is 11.6 Å². The van der Waals surface area contributed by atoms with Crippen LogP contribution in [0.4, 0.5) is 10.1 Å². The third-order valence-electron chi connectivity index (χ3n) is 2.16. The molecule has 2 aromatic rings. The lowest BCUT2D eigenvalue weighted by atomic mass is 10.3. The molecule has 1 heterocycles. The van der Waals surface area contributed by atoms with Crippen LogP contribution in [0, 0.1) is 12.7 Å². The minimum absolute atomic E-state index is 0.300. The minimum Gasteiger partial charge on any atom is -0.448 e. The third-order valence-corrected chi connectivity index (χ3v) is 3.22. The zero-order valence-corrected chi connectivity index (χ0v) is 9.55. The summed E-state index contributed by atoms with van der Waals surface area (Å²) in [4.78, 5) is 4.61. The van der Waals surface area contributed by atoms with Gasteiger partial charge in [0.25, 0.3) is 0 Å². The predicted octanol–water partition coefficient (Wildman–Crippen LogP) is 3.00. The van der Waals surface area contributed by atoms with Crippen LogP contribution in [-0.2, 0) is 5.75 Å². The van der Waals surface area contributed by atoms with E-state index >= 15 is 0 Å². The number of halogens is 1. The lowest BCUT2D eigenvalue weighted by Gasteiger charge is -2.02.